The lowest BCUT2D eigenvalue weighted by Crippen LogP contribution is -2.50. The summed E-state index contributed by atoms with van der Waals surface area (Å²) in [5, 5.41) is 0. The molecule has 2 fully saturated rings. The highest BCUT2D eigenvalue weighted by Crippen LogP contribution is 2.22. The predicted octanol–water partition coefficient (Wildman–Crippen LogP) is 2.00. The van der Waals surface area contributed by atoms with Crippen LogP contribution in [-0.2, 0) is 14.8 Å². The molecule has 2 aliphatic rings. The molecular formula is C21H33N3O4S2. The maximum absolute atomic E-state index is 13.3. The summed E-state index contributed by atoms with van der Waals surface area (Å²) in [6.07, 6.45) is 0.977. The largest absolute Gasteiger partial charge is 0.379 e. The van der Waals surface area contributed by atoms with Crippen LogP contribution in [0.2, 0.25) is 0 Å². The van der Waals surface area contributed by atoms with Gasteiger partial charge in [-0.05, 0) is 36.4 Å². The summed E-state index contributed by atoms with van der Waals surface area (Å²) < 4.78 is 32.3. The number of benzene rings is 1. The minimum atomic E-state index is -3.52. The Morgan fingerprint density at radius 2 is 1.80 bits per heavy atom. The second kappa shape index (κ2) is 10.9. The van der Waals surface area contributed by atoms with Crippen molar-refractivity contribution in [2.24, 2.45) is 0 Å². The molecule has 0 spiro atoms. The maximum Gasteiger partial charge on any atom is 0.254 e. The van der Waals surface area contributed by atoms with Crippen molar-refractivity contribution in [1.29, 1.82) is 0 Å². The molecule has 2 heterocycles. The fourth-order valence-corrected chi connectivity index (χ4v) is 6.49. The van der Waals surface area contributed by atoms with Gasteiger partial charge < -0.3 is 9.64 Å². The van der Waals surface area contributed by atoms with Crippen LogP contribution in [0.15, 0.2) is 29.2 Å². The van der Waals surface area contributed by atoms with E-state index in [0.29, 0.717) is 18.7 Å². The number of nitrogens with zero attached hydrogens (tertiary/aromatic N) is 3. The Balaban J connectivity index is 1.75. The van der Waals surface area contributed by atoms with Crippen LogP contribution in [-0.4, -0.2) is 98.5 Å². The molecular weight excluding hydrogens is 422 g/mol. The Kier molecular flexibility index (Phi) is 8.59. The van der Waals surface area contributed by atoms with Gasteiger partial charge in [-0.25, -0.2) is 8.42 Å². The molecule has 9 heteroatoms. The van der Waals surface area contributed by atoms with Crippen LogP contribution in [0.3, 0.4) is 0 Å². The molecule has 168 valence electrons. The van der Waals surface area contributed by atoms with Crippen molar-refractivity contribution in [1.82, 2.24) is 14.1 Å². The summed E-state index contributed by atoms with van der Waals surface area (Å²) in [6.45, 7) is 9.39. The SMILES string of the molecule is CCN(CC)S(=O)(=O)c1ccc(C(=O)N2CCCSCC2CN2CCOCC2)cc1. The molecule has 0 bridgehead atoms. The molecule has 1 unspecified atom stereocenters. The van der Waals surface area contributed by atoms with Crippen LogP contribution in [0.25, 0.3) is 0 Å². The molecule has 1 aromatic carbocycles. The van der Waals surface area contributed by atoms with E-state index in [2.05, 4.69) is 4.90 Å². The highest BCUT2D eigenvalue weighted by molar-refractivity contribution is 7.99. The third kappa shape index (κ3) is 5.56. The molecule has 3 rings (SSSR count). The summed E-state index contributed by atoms with van der Waals surface area (Å²) in [5.74, 6) is 1.98. The van der Waals surface area contributed by atoms with E-state index in [1.54, 1.807) is 24.3 Å². The van der Waals surface area contributed by atoms with E-state index in [9.17, 15) is 13.2 Å². The van der Waals surface area contributed by atoms with Gasteiger partial charge in [0.15, 0.2) is 0 Å². The Bertz CT molecular complexity index is 791. The number of hydrogen-bond donors (Lipinski definition) is 0. The summed E-state index contributed by atoms with van der Waals surface area (Å²) in [5.41, 5.74) is 0.548. The molecule has 30 heavy (non-hydrogen) atoms. The summed E-state index contributed by atoms with van der Waals surface area (Å²) in [7, 11) is -3.52. The average Bonchev–Trinajstić information content (AvgIpc) is 3.00. The van der Waals surface area contributed by atoms with Crippen LogP contribution in [0.4, 0.5) is 0 Å². The summed E-state index contributed by atoms with van der Waals surface area (Å²) in [6, 6.07) is 6.59. The first-order valence-corrected chi connectivity index (χ1v) is 13.4. The van der Waals surface area contributed by atoms with Gasteiger partial charge in [0.25, 0.3) is 5.91 Å². The smallest absolute Gasteiger partial charge is 0.254 e. The van der Waals surface area contributed by atoms with Gasteiger partial charge in [-0.15, -0.1) is 0 Å². The number of rotatable bonds is 7. The molecule has 0 saturated carbocycles. The van der Waals surface area contributed by atoms with E-state index in [1.165, 1.54) is 4.31 Å². The van der Waals surface area contributed by atoms with Crippen molar-refractivity contribution >= 4 is 27.7 Å². The number of carbonyl (C=O) groups is 1. The van der Waals surface area contributed by atoms with E-state index >= 15 is 0 Å². The first-order chi connectivity index (χ1) is 14.5. The van der Waals surface area contributed by atoms with Crippen LogP contribution >= 0.6 is 11.8 Å². The summed E-state index contributed by atoms with van der Waals surface area (Å²) >= 11 is 1.91. The van der Waals surface area contributed by atoms with E-state index in [1.807, 2.05) is 30.5 Å². The van der Waals surface area contributed by atoms with Crippen LogP contribution in [0.5, 0.6) is 0 Å². The van der Waals surface area contributed by atoms with Crippen molar-refractivity contribution in [3.63, 3.8) is 0 Å². The van der Waals surface area contributed by atoms with Crippen molar-refractivity contribution in [3.8, 4) is 0 Å². The minimum Gasteiger partial charge on any atom is -0.379 e. The average molecular weight is 456 g/mol. The monoisotopic (exact) mass is 455 g/mol. The predicted molar refractivity (Wildman–Crippen MR) is 121 cm³/mol. The fourth-order valence-electron chi connectivity index (χ4n) is 3.98. The van der Waals surface area contributed by atoms with Gasteiger partial charge in [-0.2, -0.15) is 16.1 Å². The zero-order valence-electron chi connectivity index (χ0n) is 18.0. The van der Waals surface area contributed by atoms with Crippen LogP contribution in [0, 0.1) is 0 Å². The lowest BCUT2D eigenvalue weighted by molar-refractivity contribution is 0.0245. The van der Waals surface area contributed by atoms with Crippen LogP contribution < -0.4 is 0 Å². The van der Waals surface area contributed by atoms with Gasteiger partial charge in [-0.1, -0.05) is 13.8 Å². The molecule has 0 aliphatic carbocycles. The maximum atomic E-state index is 13.3. The molecule has 0 N–H and O–H groups in total. The Hall–Kier alpha value is -1.13. The third-order valence-electron chi connectivity index (χ3n) is 5.72. The third-order valence-corrected chi connectivity index (χ3v) is 8.98. The normalized spacial score (nSPS) is 21.6. The highest BCUT2D eigenvalue weighted by Gasteiger charge is 2.29. The van der Waals surface area contributed by atoms with Gasteiger partial charge in [-0.3, -0.25) is 9.69 Å². The fraction of sp³-hybridized carbons (Fsp3) is 0.667. The molecule has 1 amide bonds. The Labute approximate surface area is 184 Å². The first kappa shape index (κ1) is 23.5. The van der Waals surface area contributed by atoms with Gasteiger partial charge >= 0.3 is 0 Å². The molecule has 2 saturated heterocycles. The zero-order chi connectivity index (χ0) is 21.6. The van der Waals surface area contributed by atoms with E-state index in [-0.39, 0.29) is 16.8 Å². The second-order valence-corrected chi connectivity index (χ2v) is 10.7. The second-order valence-electron chi connectivity index (χ2n) is 7.61. The zero-order valence-corrected chi connectivity index (χ0v) is 19.6. The Morgan fingerprint density at radius 3 is 2.43 bits per heavy atom. The lowest BCUT2D eigenvalue weighted by Gasteiger charge is -2.35. The van der Waals surface area contributed by atoms with E-state index < -0.39 is 10.0 Å². The number of sulfonamides is 1. The van der Waals surface area contributed by atoms with Crippen molar-refractivity contribution in [2.75, 3.05) is 64.0 Å². The number of morpholine rings is 1. The van der Waals surface area contributed by atoms with Gasteiger partial charge in [0, 0.05) is 50.6 Å². The van der Waals surface area contributed by atoms with Crippen molar-refractivity contribution in [2.45, 2.75) is 31.2 Å². The van der Waals surface area contributed by atoms with Gasteiger partial charge in [0.2, 0.25) is 10.0 Å². The molecule has 2 aliphatic heterocycles. The highest BCUT2D eigenvalue weighted by atomic mass is 32.2. The summed E-state index contributed by atoms with van der Waals surface area (Å²) in [4.78, 5) is 17.9. The van der Waals surface area contributed by atoms with Crippen molar-refractivity contribution < 1.29 is 17.9 Å². The number of amides is 1. The quantitative estimate of drug-likeness (QED) is 0.626. The first-order valence-electron chi connectivity index (χ1n) is 10.8. The minimum absolute atomic E-state index is 0.0115. The molecule has 7 nitrogen and oxygen atoms in total. The van der Waals surface area contributed by atoms with Crippen LogP contribution in [0.1, 0.15) is 30.6 Å². The van der Waals surface area contributed by atoms with Crippen molar-refractivity contribution in [3.05, 3.63) is 29.8 Å². The Morgan fingerprint density at radius 1 is 1.13 bits per heavy atom. The van der Waals surface area contributed by atoms with E-state index in [0.717, 1.165) is 57.3 Å². The standard InChI is InChI=1S/C21H33N3O4S2/c1-3-23(4-2)30(26,27)20-8-6-18(7-9-20)21(25)24-10-5-15-29-17-19(24)16-22-11-13-28-14-12-22/h6-9,19H,3-5,10-17H2,1-2H3. The van der Waals surface area contributed by atoms with Gasteiger partial charge in [0.05, 0.1) is 24.2 Å². The lowest BCUT2D eigenvalue weighted by atomic mass is 10.1. The number of hydrogen-bond acceptors (Lipinski definition) is 6. The number of thioether (sulfide) groups is 1. The molecule has 1 atom stereocenters. The topological polar surface area (TPSA) is 70.2 Å². The number of carbonyl (C=O) groups excluding carboxylic acids is 1. The molecule has 1 aromatic rings. The van der Waals surface area contributed by atoms with Gasteiger partial charge in [0.1, 0.15) is 0 Å². The van der Waals surface area contributed by atoms with E-state index in [4.69, 9.17) is 4.74 Å². The number of ether oxygens (including phenoxy) is 1. The molecule has 0 radical (unpaired) electrons. The molecule has 0 aromatic heterocycles.